The van der Waals surface area contributed by atoms with Crippen LogP contribution in [0.1, 0.15) is 86.0 Å². The smallest absolute Gasteiger partial charge is 0.328 e. The molecule has 312 valence electrons. The molecule has 55 heavy (non-hydrogen) atoms. The Morgan fingerprint density at radius 2 is 1.44 bits per heavy atom. The van der Waals surface area contributed by atoms with Gasteiger partial charge in [0.2, 0.25) is 35.4 Å². The molecule has 14 N–H and O–H groups in total. The molecule has 0 aromatic heterocycles. The van der Waals surface area contributed by atoms with Gasteiger partial charge in [-0.3, -0.25) is 38.6 Å². The Hall–Kier alpha value is -5.05. The van der Waals surface area contributed by atoms with Crippen molar-refractivity contribution in [3.63, 3.8) is 0 Å². The summed E-state index contributed by atoms with van der Waals surface area (Å²) < 4.78 is 0. The Balaban J connectivity index is 3.13. The topological polar surface area (TPSA) is 351 Å². The van der Waals surface area contributed by atoms with Crippen molar-refractivity contribution >= 4 is 53.3 Å². The molecule has 0 unspecified atom stereocenters. The number of aliphatic hydroxyl groups excluding tert-OH is 1. The molecule has 0 spiro atoms. The number of carbonyl (C=O) groups is 8. The van der Waals surface area contributed by atoms with Crippen LogP contribution in [-0.4, -0.2) is 136 Å². The molecule has 1 heterocycles. The maximum Gasteiger partial charge on any atom is 0.328 e. The zero-order valence-electron chi connectivity index (χ0n) is 32.2. The monoisotopic (exact) mass is 784 g/mol. The molecule has 1 saturated heterocycles. The first kappa shape index (κ1) is 48.0. The van der Waals surface area contributed by atoms with Gasteiger partial charge in [0.05, 0.1) is 18.7 Å². The van der Waals surface area contributed by atoms with Crippen LogP contribution >= 0.6 is 0 Å². The van der Waals surface area contributed by atoms with Crippen LogP contribution in [0.2, 0.25) is 0 Å². The molecule has 0 aromatic rings. The summed E-state index contributed by atoms with van der Waals surface area (Å²) in [4.78, 5) is 107. The highest BCUT2D eigenvalue weighted by Crippen LogP contribution is 2.20. The molecule has 1 fully saturated rings. The number of nitrogens with two attached hydrogens (primary N) is 3. The van der Waals surface area contributed by atoms with Crippen LogP contribution in [0.25, 0.3) is 0 Å². The average molecular weight is 785 g/mol. The summed E-state index contributed by atoms with van der Waals surface area (Å²) in [5.41, 5.74) is 16.7. The fraction of sp³-hybridized carbons (Fsp3) is 0.735. The third-order valence-electron chi connectivity index (χ3n) is 8.57. The van der Waals surface area contributed by atoms with E-state index in [1.807, 2.05) is 27.7 Å². The molecule has 21 heteroatoms. The summed E-state index contributed by atoms with van der Waals surface area (Å²) in [5.74, 6) is -7.39. The van der Waals surface area contributed by atoms with Crippen molar-refractivity contribution in [1.82, 2.24) is 31.5 Å². The Kier molecular flexibility index (Phi) is 20.6. The Morgan fingerprint density at radius 1 is 0.800 bits per heavy atom. The first-order chi connectivity index (χ1) is 25.6. The van der Waals surface area contributed by atoms with E-state index in [-0.39, 0.29) is 63.0 Å². The average Bonchev–Trinajstić information content (AvgIpc) is 3.57. The molecule has 1 aliphatic rings. The van der Waals surface area contributed by atoms with Crippen LogP contribution in [0, 0.1) is 11.8 Å². The fourth-order valence-electron chi connectivity index (χ4n) is 5.84. The summed E-state index contributed by atoms with van der Waals surface area (Å²) in [5, 5.41) is 40.8. The highest BCUT2D eigenvalue weighted by Gasteiger charge is 2.39. The van der Waals surface area contributed by atoms with Crippen molar-refractivity contribution in [2.45, 2.75) is 128 Å². The zero-order chi connectivity index (χ0) is 42.0. The van der Waals surface area contributed by atoms with E-state index in [9.17, 15) is 53.7 Å². The third-order valence-corrected chi connectivity index (χ3v) is 8.57. The summed E-state index contributed by atoms with van der Waals surface area (Å²) in [6.07, 6.45) is -1.13. The summed E-state index contributed by atoms with van der Waals surface area (Å²) >= 11 is 0. The van der Waals surface area contributed by atoms with Crippen molar-refractivity contribution in [2.24, 2.45) is 34.0 Å². The van der Waals surface area contributed by atoms with Gasteiger partial charge in [-0.1, -0.05) is 27.7 Å². The van der Waals surface area contributed by atoms with Gasteiger partial charge in [0.15, 0.2) is 12.0 Å². The van der Waals surface area contributed by atoms with E-state index in [0.29, 0.717) is 12.8 Å². The number of aliphatic hydroxyl groups is 1. The lowest BCUT2D eigenvalue weighted by Gasteiger charge is -2.30. The minimum Gasteiger partial charge on any atom is -0.481 e. The Morgan fingerprint density at radius 3 is 1.98 bits per heavy atom. The number of carboxylic acids is 2. The van der Waals surface area contributed by atoms with Crippen molar-refractivity contribution in [1.29, 1.82) is 0 Å². The molecular weight excluding hydrogens is 724 g/mol. The maximum atomic E-state index is 13.8. The summed E-state index contributed by atoms with van der Waals surface area (Å²) in [7, 11) is 0. The van der Waals surface area contributed by atoms with Crippen LogP contribution in [0.4, 0.5) is 0 Å². The van der Waals surface area contributed by atoms with Crippen LogP contribution < -0.4 is 43.8 Å². The molecule has 0 aliphatic carbocycles. The van der Waals surface area contributed by atoms with E-state index in [4.69, 9.17) is 17.2 Å². The number of carbonyl (C=O) groups excluding carboxylic acids is 6. The van der Waals surface area contributed by atoms with Crippen molar-refractivity contribution in [3.8, 4) is 0 Å². The molecule has 7 atom stereocenters. The van der Waals surface area contributed by atoms with Crippen molar-refractivity contribution in [2.75, 3.05) is 19.6 Å². The SMILES string of the molecule is CC(C)C[C@H](NC(=O)[C@@H](N)CC(C)C)C(=O)NCC(=O)N[C@@H](CCC(=O)O)C(=O)N1CCC[C@H]1C(=O)N[C@@H](CCCN=C(N)N)C(=O)N[C@H](C(=O)O)[C@@H](C)O. The lowest BCUT2D eigenvalue weighted by Crippen LogP contribution is -2.58. The minimum atomic E-state index is -1.69. The first-order valence-corrected chi connectivity index (χ1v) is 18.4. The van der Waals surface area contributed by atoms with E-state index >= 15 is 0 Å². The molecule has 0 bridgehead atoms. The molecule has 0 radical (unpaired) electrons. The van der Waals surface area contributed by atoms with Gasteiger partial charge in [0.25, 0.3) is 0 Å². The van der Waals surface area contributed by atoms with Gasteiger partial charge in [0.1, 0.15) is 24.2 Å². The normalized spacial score (nSPS) is 17.2. The fourth-order valence-corrected chi connectivity index (χ4v) is 5.84. The Bertz CT molecular complexity index is 1390. The number of carboxylic acid groups (broad SMARTS) is 2. The molecule has 0 saturated carbocycles. The van der Waals surface area contributed by atoms with Gasteiger partial charge < -0.3 is 64.0 Å². The van der Waals surface area contributed by atoms with Gasteiger partial charge in [-0.15, -0.1) is 0 Å². The first-order valence-electron chi connectivity index (χ1n) is 18.4. The maximum absolute atomic E-state index is 13.8. The summed E-state index contributed by atoms with van der Waals surface area (Å²) in [6, 6.07) is -7.45. The third kappa shape index (κ3) is 17.8. The summed E-state index contributed by atoms with van der Waals surface area (Å²) in [6.45, 7) is 8.14. The van der Waals surface area contributed by atoms with E-state index < -0.39 is 103 Å². The van der Waals surface area contributed by atoms with Gasteiger partial charge >= 0.3 is 11.9 Å². The Labute approximate surface area is 320 Å². The van der Waals surface area contributed by atoms with Crippen LogP contribution in [0.3, 0.4) is 0 Å². The van der Waals surface area contributed by atoms with Crippen LogP contribution in [0.5, 0.6) is 0 Å². The lowest BCUT2D eigenvalue weighted by atomic mass is 10.0. The van der Waals surface area contributed by atoms with Crippen LogP contribution in [0.15, 0.2) is 4.99 Å². The van der Waals surface area contributed by atoms with Crippen molar-refractivity contribution in [3.05, 3.63) is 0 Å². The molecule has 0 aromatic carbocycles. The standard InChI is InChI=1S/C34H60N10O11/c1-17(2)14-20(35)28(49)42-23(15-18(3)4)29(50)39-16-25(46)40-22(10-11-26(47)48)32(53)44-13-7-9-24(44)31(52)41-21(8-6-12-38-34(36)37)30(51)43-27(19(5)45)33(54)55/h17-24,27,45H,6-16,35H2,1-5H3,(H,39,50)(H,40,46)(H,41,52)(H,42,49)(H,43,51)(H,47,48)(H,54,55)(H4,36,37,38)/t19-,20+,21+,22+,23+,24+,27+/m1/s1. The molecule has 6 amide bonds. The van der Waals surface area contributed by atoms with Crippen LogP contribution in [-0.2, 0) is 38.4 Å². The number of nitrogens with one attached hydrogen (secondary N) is 5. The van der Waals surface area contributed by atoms with Gasteiger partial charge in [-0.25, -0.2) is 4.79 Å². The minimum absolute atomic E-state index is 0.0184. The molecule has 21 nitrogen and oxygen atoms in total. The number of amides is 6. The zero-order valence-corrected chi connectivity index (χ0v) is 32.2. The number of likely N-dealkylation sites (tertiary alicyclic amines) is 1. The van der Waals surface area contributed by atoms with Crippen molar-refractivity contribution < 1.29 is 53.7 Å². The number of aliphatic imine (C=N–C) groups is 1. The second-order valence-electron chi connectivity index (χ2n) is 14.5. The number of hydrogen-bond donors (Lipinski definition) is 11. The highest BCUT2D eigenvalue weighted by atomic mass is 16.4. The number of aliphatic carboxylic acids is 2. The molecular formula is C34H60N10O11. The molecule has 1 aliphatic heterocycles. The lowest BCUT2D eigenvalue weighted by molar-refractivity contribution is -0.146. The molecule has 1 rings (SSSR count). The second kappa shape index (κ2) is 23.7. The van der Waals surface area contributed by atoms with Gasteiger partial charge in [-0.2, -0.15) is 0 Å². The second-order valence-corrected chi connectivity index (χ2v) is 14.5. The van der Waals surface area contributed by atoms with Gasteiger partial charge in [-0.05, 0) is 63.7 Å². The van der Waals surface area contributed by atoms with E-state index in [0.717, 1.165) is 11.8 Å². The van der Waals surface area contributed by atoms with E-state index in [1.165, 1.54) is 0 Å². The number of nitrogens with zero attached hydrogens (tertiary/aromatic N) is 2. The van der Waals surface area contributed by atoms with E-state index in [2.05, 4.69) is 31.6 Å². The number of rotatable bonds is 24. The predicted molar refractivity (Wildman–Crippen MR) is 198 cm³/mol. The van der Waals surface area contributed by atoms with E-state index in [1.54, 1.807) is 0 Å². The number of guanidine groups is 1. The number of hydrogen-bond acceptors (Lipinski definition) is 11. The van der Waals surface area contributed by atoms with Gasteiger partial charge in [0, 0.05) is 19.5 Å². The largest absolute Gasteiger partial charge is 0.481 e. The quantitative estimate of drug-likeness (QED) is 0.0262. The highest BCUT2D eigenvalue weighted by molar-refractivity contribution is 5.96. The predicted octanol–water partition coefficient (Wildman–Crippen LogP) is -3.16.